The molecule has 0 amide bonds. The summed E-state index contributed by atoms with van der Waals surface area (Å²) in [6.45, 7) is 5.19. The maximum atomic E-state index is 14.9. The Hall–Kier alpha value is -4.19. The molecular weight excluding hydrogens is 525 g/mol. The molecule has 204 valence electrons. The average molecular weight is 554 g/mol. The van der Waals surface area contributed by atoms with Crippen molar-refractivity contribution in [2.24, 2.45) is 0 Å². The number of aromatic nitrogens is 3. The van der Waals surface area contributed by atoms with Crippen molar-refractivity contribution in [2.75, 3.05) is 16.3 Å². The van der Waals surface area contributed by atoms with Crippen molar-refractivity contribution < 1.29 is 12.8 Å². The molecular formula is C27H28FN5O5S. The number of hydrogen-bond acceptors (Lipinski definition) is 6. The lowest BCUT2D eigenvalue weighted by Gasteiger charge is -2.22. The van der Waals surface area contributed by atoms with E-state index in [0.717, 1.165) is 6.26 Å². The Labute approximate surface area is 223 Å². The lowest BCUT2D eigenvalue weighted by molar-refractivity contribution is 0.607. The van der Waals surface area contributed by atoms with Gasteiger partial charge in [-0.05, 0) is 69.5 Å². The molecule has 0 bridgehead atoms. The van der Waals surface area contributed by atoms with Crippen molar-refractivity contribution in [1.82, 2.24) is 13.7 Å². The van der Waals surface area contributed by atoms with Gasteiger partial charge in [0.05, 0.1) is 28.8 Å². The molecule has 1 aliphatic carbocycles. The highest BCUT2D eigenvalue weighted by molar-refractivity contribution is 7.92. The highest BCUT2D eigenvalue weighted by Crippen LogP contribution is 2.34. The molecule has 0 radical (unpaired) electrons. The van der Waals surface area contributed by atoms with Crippen LogP contribution in [0.3, 0.4) is 0 Å². The Kier molecular flexibility index (Phi) is 6.45. The standard InChI is InChI=1S/C27H28FN5O5S/c1-5-31-24(29-21-12-9-15(2)13-20(21)28)22-23(16(3)25(31)34)32(27(36)33(26(22)35)18-10-11-18)19-8-6-7-17(14-19)30-39(4,37)38/h6-9,12-14,18,29-30H,5,10-11H2,1-4H3. The van der Waals surface area contributed by atoms with Gasteiger partial charge in [-0.15, -0.1) is 0 Å². The molecule has 0 saturated heterocycles. The van der Waals surface area contributed by atoms with Crippen LogP contribution in [-0.2, 0) is 16.6 Å². The SMILES string of the molecule is CCn1c(Nc2ccc(C)cc2F)c2c(=O)n(C3CC3)c(=O)n(-c3cccc(NS(C)(=O)=O)c3)c2c(C)c1=O. The van der Waals surface area contributed by atoms with Gasteiger partial charge in [0.15, 0.2) is 0 Å². The van der Waals surface area contributed by atoms with Crippen molar-refractivity contribution in [3.8, 4) is 5.69 Å². The van der Waals surface area contributed by atoms with Gasteiger partial charge in [0.2, 0.25) is 10.0 Å². The van der Waals surface area contributed by atoms with Gasteiger partial charge in [-0.25, -0.2) is 17.6 Å². The van der Waals surface area contributed by atoms with Gasteiger partial charge in [0.25, 0.3) is 11.1 Å². The van der Waals surface area contributed by atoms with E-state index in [1.807, 2.05) is 0 Å². The van der Waals surface area contributed by atoms with Crippen molar-refractivity contribution in [1.29, 1.82) is 0 Å². The number of sulfonamides is 1. The van der Waals surface area contributed by atoms with Crippen molar-refractivity contribution >= 4 is 38.1 Å². The Balaban J connectivity index is 1.92. The summed E-state index contributed by atoms with van der Waals surface area (Å²) in [5.41, 5.74) is -0.217. The summed E-state index contributed by atoms with van der Waals surface area (Å²) in [5, 5.41) is 3.02. The Bertz CT molecular complexity index is 1940. The Morgan fingerprint density at radius 3 is 2.36 bits per heavy atom. The van der Waals surface area contributed by atoms with E-state index >= 15 is 0 Å². The second-order valence-electron chi connectivity index (χ2n) is 9.80. The minimum Gasteiger partial charge on any atom is -0.338 e. The third kappa shape index (κ3) is 4.76. The maximum Gasteiger partial charge on any atom is 0.336 e. The van der Waals surface area contributed by atoms with Crippen LogP contribution in [0.2, 0.25) is 0 Å². The first-order valence-electron chi connectivity index (χ1n) is 12.5. The molecule has 5 rings (SSSR count). The number of rotatable bonds is 7. The second kappa shape index (κ2) is 9.53. The zero-order valence-electron chi connectivity index (χ0n) is 21.9. The van der Waals surface area contributed by atoms with Gasteiger partial charge in [0, 0.05) is 18.2 Å². The fourth-order valence-electron chi connectivity index (χ4n) is 4.83. The predicted molar refractivity (Wildman–Crippen MR) is 150 cm³/mol. The first-order chi connectivity index (χ1) is 18.4. The lowest BCUT2D eigenvalue weighted by atomic mass is 10.1. The Morgan fingerprint density at radius 2 is 1.74 bits per heavy atom. The van der Waals surface area contributed by atoms with Gasteiger partial charge in [0.1, 0.15) is 17.0 Å². The largest absolute Gasteiger partial charge is 0.338 e. The van der Waals surface area contributed by atoms with Gasteiger partial charge < -0.3 is 5.32 Å². The first-order valence-corrected chi connectivity index (χ1v) is 14.4. The summed E-state index contributed by atoms with van der Waals surface area (Å²) < 4.78 is 44.8. The van der Waals surface area contributed by atoms with Crippen LogP contribution in [0.25, 0.3) is 16.6 Å². The van der Waals surface area contributed by atoms with E-state index in [1.54, 1.807) is 32.0 Å². The molecule has 2 aromatic heterocycles. The predicted octanol–water partition coefficient (Wildman–Crippen LogP) is 3.54. The summed E-state index contributed by atoms with van der Waals surface area (Å²) in [5.74, 6) is -0.487. The molecule has 0 atom stereocenters. The van der Waals surface area contributed by atoms with E-state index in [-0.39, 0.29) is 51.9 Å². The smallest absolute Gasteiger partial charge is 0.336 e. The van der Waals surface area contributed by atoms with Crippen LogP contribution in [0, 0.1) is 19.7 Å². The van der Waals surface area contributed by atoms with Gasteiger partial charge >= 0.3 is 5.69 Å². The van der Waals surface area contributed by atoms with E-state index in [0.29, 0.717) is 18.4 Å². The molecule has 2 aromatic carbocycles. The van der Waals surface area contributed by atoms with Gasteiger partial charge in [-0.3, -0.25) is 28.0 Å². The molecule has 39 heavy (non-hydrogen) atoms. The fourth-order valence-corrected chi connectivity index (χ4v) is 5.39. The zero-order valence-corrected chi connectivity index (χ0v) is 22.7. The van der Waals surface area contributed by atoms with E-state index in [2.05, 4.69) is 10.0 Å². The maximum absolute atomic E-state index is 14.9. The molecule has 1 saturated carbocycles. The molecule has 10 nitrogen and oxygen atoms in total. The monoisotopic (exact) mass is 553 g/mol. The highest BCUT2D eigenvalue weighted by Gasteiger charge is 2.32. The number of anilines is 3. The fraction of sp³-hybridized carbons (Fsp3) is 0.296. The van der Waals surface area contributed by atoms with Crippen LogP contribution in [0.1, 0.15) is 36.9 Å². The van der Waals surface area contributed by atoms with E-state index < -0.39 is 32.6 Å². The summed E-state index contributed by atoms with van der Waals surface area (Å²) in [7, 11) is -3.61. The highest BCUT2D eigenvalue weighted by atomic mass is 32.2. The third-order valence-corrected chi connectivity index (χ3v) is 7.34. The summed E-state index contributed by atoms with van der Waals surface area (Å²) in [6, 6.07) is 10.4. The van der Waals surface area contributed by atoms with Crippen LogP contribution >= 0.6 is 0 Å². The number of fused-ring (bicyclic) bond motifs is 1. The van der Waals surface area contributed by atoms with E-state index in [1.165, 1.54) is 44.9 Å². The van der Waals surface area contributed by atoms with Crippen molar-refractivity contribution in [3.63, 3.8) is 0 Å². The molecule has 0 spiro atoms. The molecule has 4 aromatic rings. The quantitative estimate of drug-likeness (QED) is 0.361. The molecule has 2 N–H and O–H groups in total. The summed E-state index contributed by atoms with van der Waals surface area (Å²) >= 11 is 0. The van der Waals surface area contributed by atoms with Crippen LogP contribution in [0.15, 0.2) is 56.8 Å². The van der Waals surface area contributed by atoms with E-state index in [9.17, 15) is 27.2 Å². The summed E-state index contributed by atoms with van der Waals surface area (Å²) in [6.07, 6.45) is 2.28. The number of nitrogens with zero attached hydrogens (tertiary/aromatic N) is 3. The molecule has 1 aliphatic rings. The second-order valence-corrected chi connectivity index (χ2v) is 11.6. The van der Waals surface area contributed by atoms with Crippen molar-refractivity contribution in [3.05, 3.63) is 90.6 Å². The minimum atomic E-state index is -3.61. The van der Waals surface area contributed by atoms with E-state index in [4.69, 9.17) is 0 Å². The molecule has 2 heterocycles. The molecule has 0 aliphatic heterocycles. The number of pyridine rings is 1. The van der Waals surface area contributed by atoms with Gasteiger partial charge in [-0.1, -0.05) is 12.1 Å². The number of hydrogen-bond donors (Lipinski definition) is 2. The number of benzene rings is 2. The zero-order chi connectivity index (χ0) is 28.2. The summed E-state index contributed by atoms with van der Waals surface area (Å²) in [4.78, 5) is 41.4. The van der Waals surface area contributed by atoms with Crippen LogP contribution in [-0.4, -0.2) is 28.4 Å². The van der Waals surface area contributed by atoms with Crippen molar-refractivity contribution in [2.45, 2.75) is 46.2 Å². The van der Waals surface area contributed by atoms with Crippen LogP contribution in [0.4, 0.5) is 21.6 Å². The third-order valence-electron chi connectivity index (χ3n) is 6.73. The normalized spacial score (nSPS) is 13.6. The molecule has 12 heteroatoms. The van der Waals surface area contributed by atoms with Gasteiger partial charge in [-0.2, -0.15) is 0 Å². The first kappa shape index (κ1) is 26.4. The minimum absolute atomic E-state index is 0.0573. The lowest BCUT2D eigenvalue weighted by Crippen LogP contribution is -2.41. The Morgan fingerprint density at radius 1 is 1.03 bits per heavy atom. The van der Waals surface area contributed by atoms with Crippen LogP contribution < -0.4 is 26.8 Å². The number of nitrogens with one attached hydrogen (secondary N) is 2. The number of aryl methyl sites for hydroxylation is 2. The average Bonchev–Trinajstić information content (AvgIpc) is 3.68. The molecule has 1 fully saturated rings. The van der Waals surface area contributed by atoms with Crippen LogP contribution in [0.5, 0.6) is 0 Å². The molecule has 0 unspecified atom stereocenters. The number of halogens is 1. The topological polar surface area (TPSA) is 124 Å².